The van der Waals surface area contributed by atoms with Crippen molar-refractivity contribution in [2.45, 2.75) is 16.8 Å². The zero-order chi connectivity index (χ0) is 17.8. The molecule has 10 heteroatoms. The van der Waals surface area contributed by atoms with Gasteiger partial charge in [-0.05, 0) is 30.0 Å². The van der Waals surface area contributed by atoms with Gasteiger partial charge in [0, 0.05) is 19.3 Å². The van der Waals surface area contributed by atoms with Gasteiger partial charge in [0.25, 0.3) is 0 Å². The number of ether oxygens (including phenoxy) is 1. The summed E-state index contributed by atoms with van der Waals surface area (Å²) in [7, 11) is 1.75. The average Bonchev–Trinajstić information content (AvgIpc) is 2.95. The predicted molar refractivity (Wildman–Crippen MR) is 91.8 cm³/mol. The molecular formula is C15H12ClN5O3S. The summed E-state index contributed by atoms with van der Waals surface area (Å²) >= 11 is 7.12. The van der Waals surface area contributed by atoms with Crippen LogP contribution in [0.15, 0.2) is 52.8 Å². The Bertz CT molecular complexity index is 918. The van der Waals surface area contributed by atoms with Gasteiger partial charge < -0.3 is 9.30 Å². The van der Waals surface area contributed by atoms with Crippen molar-refractivity contribution in [2.75, 3.05) is 0 Å². The lowest BCUT2D eigenvalue weighted by atomic mass is 10.3. The summed E-state index contributed by atoms with van der Waals surface area (Å²) in [6.45, 7) is 0.165. The Kier molecular flexibility index (Phi) is 5.15. The first-order valence-corrected chi connectivity index (χ1v) is 8.28. The van der Waals surface area contributed by atoms with E-state index in [1.165, 1.54) is 18.3 Å². The maximum Gasteiger partial charge on any atom is 0.301 e. The molecule has 0 bridgehead atoms. The van der Waals surface area contributed by atoms with Crippen molar-refractivity contribution in [2.24, 2.45) is 7.05 Å². The second kappa shape index (κ2) is 7.49. The van der Waals surface area contributed by atoms with Gasteiger partial charge in [0.05, 0.1) is 9.95 Å². The summed E-state index contributed by atoms with van der Waals surface area (Å²) in [5.41, 5.74) is -0.0793. The van der Waals surface area contributed by atoms with Crippen LogP contribution in [0.5, 0.6) is 5.75 Å². The molecule has 0 atom stereocenters. The number of rotatable bonds is 6. The zero-order valence-corrected chi connectivity index (χ0v) is 14.6. The Morgan fingerprint density at radius 3 is 2.84 bits per heavy atom. The highest BCUT2D eigenvalue weighted by molar-refractivity contribution is 7.99. The first-order chi connectivity index (χ1) is 12.1. The molecule has 25 heavy (non-hydrogen) atoms. The molecule has 8 nitrogen and oxygen atoms in total. The van der Waals surface area contributed by atoms with Gasteiger partial charge in [-0.1, -0.05) is 23.7 Å². The molecule has 128 valence electrons. The van der Waals surface area contributed by atoms with Crippen LogP contribution in [0, 0.1) is 10.1 Å². The van der Waals surface area contributed by atoms with Crippen molar-refractivity contribution in [3.63, 3.8) is 0 Å². The Labute approximate surface area is 152 Å². The fourth-order valence-corrected chi connectivity index (χ4v) is 3.00. The number of benzene rings is 1. The van der Waals surface area contributed by atoms with Crippen LogP contribution in [0.4, 0.5) is 5.69 Å². The van der Waals surface area contributed by atoms with Crippen molar-refractivity contribution >= 4 is 29.1 Å². The molecule has 2 heterocycles. The molecule has 0 radical (unpaired) electrons. The van der Waals surface area contributed by atoms with Crippen LogP contribution < -0.4 is 4.74 Å². The molecule has 0 saturated heterocycles. The van der Waals surface area contributed by atoms with Gasteiger partial charge in [0.15, 0.2) is 16.0 Å². The van der Waals surface area contributed by atoms with Crippen LogP contribution in [-0.4, -0.2) is 24.7 Å². The number of nitro groups is 1. The van der Waals surface area contributed by atoms with E-state index in [0.29, 0.717) is 21.8 Å². The van der Waals surface area contributed by atoms with E-state index in [4.69, 9.17) is 16.3 Å². The predicted octanol–water partition coefficient (Wildman–Crippen LogP) is 3.50. The highest BCUT2D eigenvalue weighted by atomic mass is 35.5. The summed E-state index contributed by atoms with van der Waals surface area (Å²) in [6.07, 6.45) is 1.49. The highest BCUT2D eigenvalue weighted by Gasteiger charge is 2.19. The largest absolute Gasteiger partial charge is 0.484 e. The summed E-state index contributed by atoms with van der Waals surface area (Å²) in [6, 6.07) is 10.0. The zero-order valence-electron chi connectivity index (χ0n) is 13.0. The van der Waals surface area contributed by atoms with Crippen LogP contribution in [0.2, 0.25) is 5.02 Å². The summed E-state index contributed by atoms with van der Waals surface area (Å²) < 4.78 is 7.34. The number of nitrogens with zero attached hydrogens (tertiary/aromatic N) is 5. The maximum atomic E-state index is 11.1. The molecule has 0 N–H and O–H groups in total. The van der Waals surface area contributed by atoms with E-state index in [0.717, 1.165) is 11.8 Å². The molecule has 0 spiro atoms. The van der Waals surface area contributed by atoms with Gasteiger partial charge in [-0.3, -0.25) is 10.1 Å². The second-order valence-electron chi connectivity index (χ2n) is 4.86. The van der Waals surface area contributed by atoms with Crippen LogP contribution in [-0.2, 0) is 13.7 Å². The molecule has 0 aliphatic rings. The van der Waals surface area contributed by atoms with Crippen LogP contribution in [0.1, 0.15) is 5.82 Å². The van der Waals surface area contributed by atoms with Gasteiger partial charge in [0.1, 0.15) is 12.4 Å². The lowest BCUT2D eigenvalue weighted by Gasteiger charge is -2.07. The normalized spacial score (nSPS) is 10.6. The monoisotopic (exact) mass is 377 g/mol. The maximum absolute atomic E-state index is 11.1. The number of halogens is 1. The van der Waals surface area contributed by atoms with Gasteiger partial charge in [-0.25, -0.2) is 4.98 Å². The molecule has 1 aromatic carbocycles. The lowest BCUT2D eigenvalue weighted by molar-refractivity contribution is -0.388. The Balaban J connectivity index is 1.76. The first-order valence-electron chi connectivity index (χ1n) is 7.09. The number of hydrogen-bond donors (Lipinski definition) is 0. The highest BCUT2D eigenvalue weighted by Crippen LogP contribution is 2.31. The number of hydrogen-bond acceptors (Lipinski definition) is 7. The quantitative estimate of drug-likeness (QED) is 0.479. The summed E-state index contributed by atoms with van der Waals surface area (Å²) in [4.78, 5) is 14.6. The number of para-hydroxylation sites is 1. The SMILES string of the molecule is Cn1c(COc2ccccc2Cl)nnc1Sc1ncccc1[N+](=O)[O-]. The molecule has 0 unspecified atom stereocenters. The third-order valence-corrected chi connectivity index (χ3v) is 4.61. The standard InChI is InChI=1S/C15H12ClN5O3S/c1-20-13(9-24-12-7-3-2-5-10(12)16)18-19-15(20)25-14-11(21(22)23)6-4-8-17-14/h2-8H,9H2,1H3. The van der Waals surface area contributed by atoms with Gasteiger partial charge >= 0.3 is 5.69 Å². The second-order valence-corrected chi connectivity index (χ2v) is 6.23. The third kappa shape index (κ3) is 3.89. The number of aromatic nitrogens is 4. The molecule has 3 aromatic rings. The van der Waals surface area contributed by atoms with E-state index >= 15 is 0 Å². The number of pyridine rings is 1. The Morgan fingerprint density at radius 1 is 1.28 bits per heavy atom. The summed E-state index contributed by atoms with van der Waals surface area (Å²) in [5.74, 6) is 1.10. The minimum absolute atomic E-state index is 0.0793. The van der Waals surface area contributed by atoms with Crippen LogP contribution in [0.25, 0.3) is 0 Å². The van der Waals surface area contributed by atoms with E-state index in [1.54, 1.807) is 23.7 Å². The molecule has 0 saturated carbocycles. The fraction of sp³-hybridized carbons (Fsp3) is 0.133. The molecular weight excluding hydrogens is 366 g/mol. The third-order valence-electron chi connectivity index (χ3n) is 3.25. The molecule has 0 aliphatic carbocycles. The molecule has 0 amide bonds. The van der Waals surface area contributed by atoms with Crippen LogP contribution in [0.3, 0.4) is 0 Å². The van der Waals surface area contributed by atoms with Crippen LogP contribution >= 0.6 is 23.4 Å². The Morgan fingerprint density at radius 2 is 2.08 bits per heavy atom. The smallest absolute Gasteiger partial charge is 0.301 e. The average molecular weight is 378 g/mol. The Hall–Kier alpha value is -2.65. The van der Waals surface area contributed by atoms with Crippen molar-refractivity contribution in [3.05, 3.63) is 63.6 Å². The van der Waals surface area contributed by atoms with Gasteiger partial charge in [0.2, 0.25) is 0 Å². The van der Waals surface area contributed by atoms with E-state index in [9.17, 15) is 10.1 Å². The topological polar surface area (TPSA) is 96.0 Å². The molecule has 0 aliphatic heterocycles. The van der Waals surface area contributed by atoms with Crippen molar-refractivity contribution in [1.82, 2.24) is 19.7 Å². The molecule has 2 aromatic heterocycles. The first kappa shape index (κ1) is 17.2. The minimum Gasteiger partial charge on any atom is -0.484 e. The fourth-order valence-electron chi connectivity index (χ4n) is 1.95. The van der Waals surface area contributed by atoms with E-state index < -0.39 is 4.92 Å². The van der Waals surface area contributed by atoms with Crippen molar-refractivity contribution < 1.29 is 9.66 Å². The molecule has 0 fully saturated rings. The minimum atomic E-state index is -0.479. The van der Waals surface area contributed by atoms with Crippen molar-refractivity contribution in [3.8, 4) is 5.75 Å². The summed E-state index contributed by atoms with van der Waals surface area (Å²) in [5, 5.41) is 20.4. The molecule has 3 rings (SSSR count). The van der Waals surface area contributed by atoms with E-state index in [2.05, 4.69) is 15.2 Å². The lowest BCUT2D eigenvalue weighted by Crippen LogP contribution is -2.04. The van der Waals surface area contributed by atoms with E-state index in [-0.39, 0.29) is 17.3 Å². The van der Waals surface area contributed by atoms with Gasteiger partial charge in [-0.2, -0.15) is 0 Å². The van der Waals surface area contributed by atoms with Gasteiger partial charge in [-0.15, -0.1) is 10.2 Å². The van der Waals surface area contributed by atoms with E-state index in [1.807, 2.05) is 12.1 Å². The van der Waals surface area contributed by atoms with Crippen molar-refractivity contribution in [1.29, 1.82) is 0 Å².